The first-order valence-corrected chi connectivity index (χ1v) is 5.04. The van der Waals surface area contributed by atoms with Gasteiger partial charge in [0.15, 0.2) is 5.75 Å². The molecule has 1 aromatic rings. The predicted octanol–water partition coefficient (Wildman–Crippen LogP) is 2.55. The number of benzene rings is 1. The number of nitrogens with one attached hydrogen (secondary N) is 1. The third-order valence-corrected chi connectivity index (χ3v) is 2.41. The lowest BCUT2D eigenvalue weighted by molar-refractivity contribution is -0.167. The van der Waals surface area contributed by atoms with E-state index in [0.29, 0.717) is 0 Å². The van der Waals surface area contributed by atoms with E-state index >= 15 is 0 Å². The second-order valence-electron chi connectivity index (χ2n) is 3.26. The van der Waals surface area contributed by atoms with E-state index in [9.17, 15) is 22.8 Å². The third-order valence-electron chi connectivity index (χ3n) is 2.04. The van der Waals surface area contributed by atoms with E-state index in [1.165, 1.54) is 0 Å². The van der Waals surface area contributed by atoms with Gasteiger partial charge in [0, 0.05) is 0 Å². The van der Waals surface area contributed by atoms with Crippen LogP contribution in [0.4, 0.5) is 18.9 Å². The molecule has 19 heavy (non-hydrogen) atoms. The van der Waals surface area contributed by atoms with E-state index in [1.54, 1.807) is 5.32 Å². The number of hydrogen-bond donors (Lipinski definition) is 2. The number of carboxylic acids is 1. The number of halogens is 4. The highest BCUT2D eigenvalue weighted by atomic mass is 35.5. The molecule has 0 unspecified atom stereocenters. The lowest BCUT2D eigenvalue weighted by atomic mass is 10.2. The van der Waals surface area contributed by atoms with E-state index in [1.807, 2.05) is 0 Å². The maximum atomic E-state index is 12.1. The third kappa shape index (κ3) is 3.28. The molecule has 0 atom stereocenters. The molecule has 2 N–H and O–H groups in total. The molecule has 9 heteroatoms. The minimum atomic E-state index is -5.08. The second kappa shape index (κ2) is 5.35. The Labute approximate surface area is 109 Å². The van der Waals surface area contributed by atoms with Gasteiger partial charge in [0.1, 0.15) is 0 Å². The van der Waals surface area contributed by atoms with Crippen LogP contribution in [0.25, 0.3) is 0 Å². The fourth-order valence-electron chi connectivity index (χ4n) is 1.21. The molecule has 1 aromatic carbocycles. The van der Waals surface area contributed by atoms with Gasteiger partial charge in [-0.05, 0) is 12.1 Å². The molecule has 0 aromatic heterocycles. The van der Waals surface area contributed by atoms with Crippen LogP contribution in [0.2, 0.25) is 5.02 Å². The zero-order valence-electron chi connectivity index (χ0n) is 9.34. The van der Waals surface area contributed by atoms with Crippen molar-refractivity contribution in [1.29, 1.82) is 0 Å². The van der Waals surface area contributed by atoms with Gasteiger partial charge in [0.25, 0.3) is 0 Å². The highest BCUT2D eigenvalue weighted by Gasteiger charge is 2.39. The maximum Gasteiger partial charge on any atom is 0.471 e. The quantitative estimate of drug-likeness (QED) is 0.899. The van der Waals surface area contributed by atoms with Crippen molar-refractivity contribution in [3.63, 3.8) is 0 Å². The largest absolute Gasteiger partial charge is 0.493 e. The van der Waals surface area contributed by atoms with Crippen LogP contribution in [0.5, 0.6) is 5.75 Å². The number of anilines is 1. The Kier molecular flexibility index (Phi) is 4.25. The number of aromatic carboxylic acids is 1. The Morgan fingerprint density at radius 3 is 2.37 bits per heavy atom. The molecule has 0 radical (unpaired) electrons. The number of hydrogen-bond acceptors (Lipinski definition) is 3. The van der Waals surface area contributed by atoms with E-state index in [-0.39, 0.29) is 17.0 Å². The average molecular weight is 298 g/mol. The van der Waals surface area contributed by atoms with Crippen molar-refractivity contribution in [3.8, 4) is 5.75 Å². The Bertz CT molecular complexity index is 530. The Balaban J connectivity index is 3.20. The van der Waals surface area contributed by atoms with Crippen LogP contribution in [-0.4, -0.2) is 30.3 Å². The molecule has 0 spiro atoms. The molecule has 1 rings (SSSR count). The van der Waals surface area contributed by atoms with Gasteiger partial charge in [-0.25, -0.2) is 4.79 Å². The first-order valence-electron chi connectivity index (χ1n) is 4.66. The molecule has 0 saturated heterocycles. The summed E-state index contributed by atoms with van der Waals surface area (Å²) < 4.78 is 41.0. The van der Waals surface area contributed by atoms with E-state index in [2.05, 4.69) is 0 Å². The van der Waals surface area contributed by atoms with Crippen LogP contribution in [0.1, 0.15) is 10.4 Å². The van der Waals surface area contributed by atoms with Crippen molar-refractivity contribution in [2.45, 2.75) is 6.18 Å². The summed E-state index contributed by atoms with van der Waals surface area (Å²) in [5.41, 5.74) is -0.733. The summed E-state index contributed by atoms with van der Waals surface area (Å²) in [5.74, 6) is -3.96. The van der Waals surface area contributed by atoms with Crippen LogP contribution < -0.4 is 10.1 Å². The maximum absolute atomic E-state index is 12.1. The monoisotopic (exact) mass is 297 g/mol. The summed E-state index contributed by atoms with van der Waals surface area (Å²) in [7, 11) is 1.08. The number of carbonyl (C=O) groups excluding carboxylic acids is 1. The standard InChI is InChI=1S/C10H7ClF3NO4/c1-19-7-5(15-9(18)10(12,13)14)3-2-4(6(7)11)8(16)17/h2-3H,1H3,(H,15,18)(H,16,17). The van der Waals surface area contributed by atoms with Crippen molar-refractivity contribution in [2.24, 2.45) is 0 Å². The molecule has 104 valence electrons. The number of rotatable bonds is 3. The van der Waals surface area contributed by atoms with Gasteiger partial charge in [-0.15, -0.1) is 0 Å². The Morgan fingerprint density at radius 2 is 1.95 bits per heavy atom. The second-order valence-corrected chi connectivity index (χ2v) is 3.64. The molecule has 0 fully saturated rings. The molecule has 0 saturated carbocycles. The van der Waals surface area contributed by atoms with Crippen molar-refractivity contribution < 1.29 is 32.6 Å². The lowest BCUT2D eigenvalue weighted by Crippen LogP contribution is -2.30. The highest BCUT2D eigenvalue weighted by molar-refractivity contribution is 6.35. The highest BCUT2D eigenvalue weighted by Crippen LogP contribution is 2.36. The Morgan fingerprint density at radius 1 is 1.37 bits per heavy atom. The summed E-state index contributed by atoms with van der Waals surface area (Å²) in [6, 6.07) is 1.91. The molecular formula is C10H7ClF3NO4. The first-order chi connectivity index (χ1) is 8.68. The summed E-state index contributed by atoms with van der Waals surface area (Å²) in [4.78, 5) is 21.6. The van der Waals surface area contributed by atoms with Crippen molar-refractivity contribution in [1.82, 2.24) is 0 Å². The van der Waals surface area contributed by atoms with Crippen LogP contribution >= 0.6 is 11.6 Å². The van der Waals surface area contributed by atoms with Crippen molar-refractivity contribution in [3.05, 3.63) is 22.7 Å². The van der Waals surface area contributed by atoms with Gasteiger partial charge in [-0.2, -0.15) is 13.2 Å². The van der Waals surface area contributed by atoms with E-state index in [0.717, 1.165) is 19.2 Å². The number of amides is 1. The summed E-state index contributed by atoms with van der Waals surface area (Å²) >= 11 is 5.67. The fraction of sp³-hybridized carbons (Fsp3) is 0.200. The molecule has 1 amide bonds. The molecule has 0 aliphatic rings. The summed E-state index contributed by atoms with van der Waals surface area (Å²) in [5, 5.41) is 9.91. The van der Waals surface area contributed by atoms with Crippen molar-refractivity contribution in [2.75, 3.05) is 12.4 Å². The summed E-state index contributed by atoms with van der Waals surface area (Å²) in [6.45, 7) is 0. The molecule has 0 aliphatic carbocycles. The first kappa shape index (κ1) is 15.1. The molecule has 0 heterocycles. The summed E-state index contributed by atoms with van der Waals surface area (Å²) in [6.07, 6.45) is -5.08. The van der Waals surface area contributed by atoms with Gasteiger partial charge in [0.2, 0.25) is 0 Å². The zero-order valence-corrected chi connectivity index (χ0v) is 10.1. The molecule has 0 aliphatic heterocycles. The number of alkyl halides is 3. The van der Waals surface area contributed by atoms with Gasteiger partial charge in [0.05, 0.1) is 23.4 Å². The van der Waals surface area contributed by atoms with Gasteiger partial charge in [-0.3, -0.25) is 4.79 Å². The normalized spacial score (nSPS) is 11.0. The van der Waals surface area contributed by atoms with Gasteiger partial charge in [-0.1, -0.05) is 11.6 Å². The van der Waals surface area contributed by atoms with E-state index in [4.69, 9.17) is 21.4 Å². The minimum absolute atomic E-state index is 0.358. The number of carboxylic acid groups (broad SMARTS) is 1. The smallest absolute Gasteiger partial charge is 0.471 e. The SMILES string of the molecule is COc1c(NC(=O)C(F)(F)F)ccc(C(=O)O)c1Cl. The minimum Gasteiger partial charge on any atom is -0.493 e. The van der Waals surface area contributed by atoms with Crippen molar-refractivity contribution >= 4 is 29.2 Å². The predicted molar refractivity (Wildman–Crippen MR) is 59.6 cm³/mol. The topological polar surface area (TPSA) is 75.6 Å². The van der Waals surface area contributed by atoms with Crippen LogP contribution in [0.3, 0.4) is 0 Å². The molecule has 0 bridgehead atoms. The van der Waals surface area contributed by atoms with E-state index < -0.39 is 23.1 Å². The number of methoxy groups -OCH3 is 1. The fourth-order valence-corrected chi connectivity index (χ4v) is 1.54. The number of carbonyl (C=O) groups is 2. The van der Waals surface area contributed by atoms with Gasteiger partial charge < -0.3 is 15.2 Å². The van der Waals surface area contributed by atoms with Crippen LogP contribution in [0.15, 0.2) is 12.1 Å². The van der Waals surface area contributed by atoms with Crippen LogP contribution in [0, 0.1) is 0 Å². The zero-order chi connectivity index (χ0) is 14.8. The Hall–Kier alpha value is -1.96. The average Bonchev–Trinajstić information content (AvgIpc) is 2.27. The van der Waals surface area contributed by atoms with Gasteiger partial charge >= 0.3 is 18.1 Å². The molecular weight excluding hydrogens is 291 g/mol. The molecule has 5 nitrogen and oxygen atoms in total. The number of ether oxygens (including phenoxy) is 1. The lowest BCUT2D eigenvalue weighted by Gasteiger charge is -2.14. The van der Waals surface area contributed by atoms with Crippen LogP contribution in [-0.2, 0) is 4.79 Å².